The molecule has 5 heteroatoms. The van der Waals surface area contributed by atoms with Crippen LogP contribution in [0.2, 0.25) is 0 Å². The minimum atomic E-state index is -0.400. The third-order valence-electron chi connectivity index (χ3n) is 4.47. The molecule has 0 radical (unpaired) electrons. The molecule has 1 saturated carbocycles. The maximum Gasteiger partial charge on any atom is 0.231 e. The van der Waals surface area contributed by atoms with Gasteiger partial charge in [-0.1, -0.05) is 6.92 Å². The molecule has 0 spiro atoms. The number of amides is 1. The summed E-state index contributed by atoms with van der Waals surface area (Å²) in [7, 11) is 0. The highest BCUT2D eigenvalue weighted by molar-refractivity contribution is 5.96. The summed E-state index contributed by atoms with van der Waals surface area (Å²) in [5, 5.41) is 10.0. The normalized spacial score (nSPS) is 27.3. The van der Waals surface area contributed by atoms with E-state index in [1.807, 2.05) is 13.8 Å². The first-order chi connectivity index (χ1) is 8.98. The summed E-state index contributed by atoms with van der Waals surface area (Å²) < 4.78 is 0. The first kappa shape index (κ1) is 14.1. The second-order valence-corrected chi connectivity index (χ2v) is 5.93. The Bertz CT molecular complexity index is 439. The van der Waals surface area contributed by atoms with Gasteiger partial charge in [-0.05, 0) is 45.4 Å². The summed E-state index contributed by atoms with van der Waals surface area (Å²) in [6.07, 6.45) is 3.92. The molecule has 0 aliphatic heterocycles. The number of nitrogens with zero attached hydrogens (tertiary/aromatic N) is 1. The number of H-pyrrole nitrogens is 1. The van der Waals surface area contributed by atoms with Crippen LogP contribution in [0.1, 0.15) is 44.0 Å². The van der Waals surface area contributed by atoms with Gasteiger partial charge in [0.25, 0.3) is 0 Å². The van der Waals surface area contributed by atoms with Crippen LogP contribution in [0.15, 0.2) is 0 Å². The standard InChI is InChI=1S/C14H24N4O/c1-9-4-6-14(8-15,7-5-9)13(19)16-12-10(2)17-18-11(12)3/h9H,4-8,15H2,1-3H3,(H,16,19)(H,17,18). The summed E-state index contributed by atoms with van der Waals surface area (Å²) in [4.78, 5) is 12.6. The predicted octanol–water partition coefficient (Wildman–Crippen LogP) is 2.12. The van der Waals surface area contributed by atoms with Crippen LogP contribution in [0, 0.1) is 25.2 Å². The molecule has 1 heterocycles. The fourth-order valence-electron chi connectivity index (χ4n) is 2.82. The van der Waals surface area contributed by atoms with E-state index in [9.17, 15) is 4.79 Å². The van der Waals surface area contributed by atoms with Crippen molar-refractivity contribution < 1.29 is 4.79 Å². The monoisotopic (exact) mass is 264 g/mol. The SMILES string of the molecule is Cc1n[nH]c(C)c1NC(=O)C1(CN)CCC(C)CC1. The Hall–Kier alpha value is -1.36. The van der Waals surface area contributed by atoms with E-state index in [0.29, 0.717) is 12.5 Å². The molecule has 106 valence electrons. The van der Waals surface area contributed by atoms with Crippen LogP contribution >= 0.6 is 0 Å². The Kier molecular flexibility index (Phi) is 3.94. The lowest BCUT2D eigenvalue weighted by molar-refractivity contribution is -0.127. The Morgan fingerprint density at radius 2 is 2.11 bits per heavy atom. The van der Waals surface area contributed by atoms with Crippen molar-refractivity contribution >= 4 is 11.6 Å². The molecule has 1 aliphatic carbocycles. The maximum atomic E-state index is 12.6. The van der Waals surface area contributed by atoms with E-state index in [4.69, 9.17) is 5.73 Å². The molecule has 0 saturated heterocycles. The number of nitrogens with two attached hydrogens (primary N) is 1. The molecule has 1 aromatic rings. The predicted molar refractivity (Wildman–Crippen MR) is 75.8 cm³/mol. The van der Waals surface area contributed by atoms with E-state index >= 15 is 0 Å². The van der Waals surface area contributed by atoms with Gasteiger partial charge in [0.15, 0.2) is 0 Å². The van der Waals surface area contributed by atoms with Crippen LogP contribution in [-0.2, 0) is 4.79 Å². The van der Waals surface area contributed by atoms with Crippen LogP contribution in [0.25, 0.3) is 0 Å². The van der Waals surface area contributed by atoms with E-state index < -0.39 is 5.41 Å². The number of rotatable bonds is 3. The third kappa shape index (κ3) is 2.66. The number of hydrogen-bond donors (Lipinski definition) is 3. The highest BCUT2D eigenvalue weighted by atomic mass is 16.2. The summed E-state index contributed by atoms with van der Waals surface area (Å²) in [6.45, 7) is 6.45. The molecule has 1 aromatic heterocycles. The van der Waals surface area contributed by atoms with Gasteiger partial charge in [0, 0.05) is 6.54 Å². The van der Waals surface area contributed by atoms with Crippen molar-refractivity contribution in [3.05, 3.63) is 11.4 Å². The number of carbonyl (C=O) groups excluding carboxylic acids is 1. The molecular weight excluding hydrogens is 240 g/mol. The lowest BCUT2D eigenvalue weighted by Gasteiger charge is -2.37. The van der Waals surface area contributed by atoms with Gasteiger partial charge in [-0.25, -0.2) is 0 Å². The minimum Gasteiger partial charge on any atom is -0.329 e. The van der Waals surface area contributed by atoms with Crippen molar-refractivity contribution in [3.63, 3.8) is 0 Å². The fraction of sp³-hybridized carbons (Fsp3) is 0.714. The van der Waals surface area contributed by atoms with Crippen LogP contribution in [0.5, 0.6) is 0 Å². The second kappa shape index (κ2) is 5.33. The summed E-state index contributed by atoms with van der Waals surface area (Å²) >= 11 is 0. The van der Waals surface area contributed by atoms with E-state index in [0.717, 1.165) is 42.8 Å². The minimum absolute atomic E-state index is 0.0505. The molecule has 0 aromatic carbocycles. The van der Waals surface area contributed by atoms with Crippen molar-refractivity contribution in [3.8, 4) is 0 Å². The lowest BCUT2D eigenvalue weighted by atomic mass is 9.70. The van der Waals surface area contributed by atoms with Crippen LogP contribution < -0.4 is 11.1 Å². The highest BCUT2D eigenvalue weighted by Gasteiger charge is 2.40. The Labute approximate surface area is 114 Å². The maximum absolute atomic E-state index is 12.6. The van der Waals surface area contributed by atoms with Crippen LogP contribution in [0.4, 0.5) is 5.69 Å². The third-order valence-corrected chi connectivity index (χ3v) is 4.47. The highest BCUT2D eigenvalue weighted by Crippen LogP contribution is 2.39. The topological polar surface area (TPSA) is 83.8 Å². The van der Waals surface area contributed by atoms with Crippen molar-refractivity contribution in [2.24, 2.45) is 17.1 Å². The first-order valence-corrected chi connectivity index (χ1v) is 7.01. The number of hydrogen-bond acceptors (Lipinski definition) is 3. The van der Waals surface area contributed by atoms with Crippen molar-refractivity contribution in [1.29, 1.82) is 0 Å². The van der Waals surface area contributed by atoms with Crippen molar-refractivity contribution in [2.45, 2.75) is 46.5 Å². The van der Waals surface area contributed by atoms with Crippen LogP contribution in [-0.4, -0.2) is 22.6 Å². The number of aryl methyl sites for hydroxylation is 2. The largest absolute Gasteiger partial charge is 0.329 e. The van der Waals surface area contributed by atoms with E-state index in [2.05, 4.69) is 22.4 Å². The Morgan fingerprint density at radius 3 is 2.58 bits per heavy atom. The number of anilines is 1. The first-order valence-electron chi connectivity index (χ1n) is 7.01. The molecule has 0 unspecified atom stereocenters. The van der Waals surface area contributed by atoms with Gasteiger partial charge < -0.3 is 11.1 Å². The fourth-order valence-corrected chi connectivity index (χ4v) is 2.82. The molecule has 0 atom stereocenters. The lowest BCUT2D eigenvalue weighted by Crippen LogP contribution is -2.45. The summed E-state index contributed by atoms with van der Waals surface area (Å²) in [6, 6.07) is 0. The van der Waals surface area contributed by atoms with Gasteiger partial charge >= 0.3 is 0 Å². The zero-order valence-corrected chi connectivity index (χ0v) is 12.0. The molecule has 1 fully saturated rings. The molecule has 4 N–H and O–H groups in total. The van der Waals surface area contributed by atoms with Crippen molar-refractivity contribution in [1.82, 2.24) is 10.2 Å². The molecule has 5 nitrogen and oxygen atoms in total. The molecule has 2 rings (SSSR count). The molecule has 1 amide bonds. The molecule has 0 bridgehead atoms. The number of nitrogens with one attached hydrogen (secondary N) is 2. The Balaban J connectivity index is 2.14. The average molecular weight is 264 g/mol. The smallest absolute Gasteiger partial charge is 0.231 e. The van der Waals surface area contributed by atoms with Gasteiger partial charge in [-0.15, -0.1) is 0 Å². The summed E-state index contributed by atoms with van der Waals surface area (Å²) in [5.41, 5.74) is 8.02. The van der Waals surface area contributed by atoms with Gasteiger partial charge in [-0.3, -0.25) is 9.89 Å². The molecular formula is C14H24N4O. The summed E-state index contributed by atoms with van der Waals surface area (Å²) in [5.74, 6) is 0.749. The van der Waals surface area contributed by atoms with E-state index in [-0.39, 0.29) is 5.91 Å². The van der Waals surface area contributed by atoms with Gasteiger partial charge in [0.2, 0.25) is 5.91 Å². The van der Waals surface area contributed by atoms with E-state index in [1.54, 1.807) is 0 Å². The van der Waals surface area contributed by atoms with E-state index in [1.165, 1.54) is 0 Å². The number of carbonyl (C=O) groups is 1. The zero-order chi connectivity index (χ0) is 14.0. The number of aromatic amines is 1. The Morgan fingerprint density at radius 1 is 1.47 bits per heavy atom. The average Bonchev–Trinajstić information content (AvgIpc) is 2.72. The molecule has 1 aliphatic rings. The van der Waals surface area contributed by atoms with Crippen molar-refractivity contribution in [2.75, 3.05) is 11.9 Å². The van der Waals surface area contributed by atoms with Crippen LogP contribution in [0.3, 0.4) is 0 Å². The quantitative estimate of drug-likeness (QED) is 0.782. The number of aromatic nitrogens is 2. The molecule has 19 heavy (non-hydrogen) atoms. The van der Waals surface area contributed by atoms with Gasteiger partial charge in [0.05, 0.1) is 22.5 Å². The van der Waals surface area contributed by atoms with Gasteiger partial charge in [-0.2, -0.15) is 5.10 Å². The second-order valence-electron chi connectivity index (χ2n) is 5.93. The van der Waals surface area contributed by atoms with Gasteiger partial charge in [0.1, 0.15) is 0 Å². The zero-order valence-electron chi connectivity index (χ0n) is 12.0.